The van der Waals surface area contributed by atoms with Crippen LogP contribution in [0.15, 0.2) is 60.7 Å². The Balaban J connectivity index is 0.000000623. The first-order chi connectivity index (χ1) is 16.5. The summed E-state index contributed by atoms with van der Waals surface area (Å²) in [6, 6.07) is 21.9. The molecule has 1 unspecified atom stereocenters. The summed E-state index contributed by atoms with van der Waals surface area (Å²) in [5.41, 5.74) is 14.4. The number of hydrogen-bond donors (Lipinski definition) is 3. The second kappa shape index (κ2) is 16.9. The van der Waals surface area contributed by atoms with Gasteiger partial charge in [0.2, 0.25) is 0 Å². The molecule has 0 spiro atoms. The molecule has 0 saturated heterocycles. The zero-order valence-electron chi connectivity index (χ0n) is 20.3. The number of halogens is 2. The molecule has 3 aromatic rings. The van der Waals surface area contributed by atoms with Gasteiger partial charge in [0.1, 0.15) is 6.61 Å². The Kier molecular flexibility index (Phi) is 15.1. The number of rotatable bonds is 7. The fraction of sp³-hybridized carbons (Fsp3) is 0.357. The van der Waals surface area contributed by atoms with Crippen LogP contribution in [0.1, 0.15) is 49.1 Å². The molecule has 4 rings (SSSR count). The van der Waals surface area contributed by atoms with E-state index >= 15 is 0 Å². The first-order valence-electron chi connectivity index (χ1n) is 11.8. The van der Waals surface area contributed by atoms with Gasteiger partial charge in [0, 0.05) is 23.5 Å². The molecule has 5 nitrogen and oxygen atoms in total. The van der Waals surface area contributed by atoms with E-state index in [1.165, 1.54) is 38.2 Å². The Bertz CT molecular complexity index is 1040. The summed E-state index contributed by atoms with van der Waals surface area (Å²) in [6.45, 7) is 0.229. The van der Waals surface area contributed by atoms with Crippen LogP contribution in [-0.2, 0) is 21.1 Å². The molecule has 0 bridgehead atoms. The van der Waals surface area contributed by atoms with Crippen molar-refractivity contribution in [2.45, 2.75) is 44.1 Å². The van der Waals surface area contributed by atoms with Gasteiger partial charge in [0.25, 0.3) is 0 Å². The van der Waals surface area contributed by atoms with E-state index in [1.807, 2.05) is 42.5 Å². The zero-order valence-corrected chi connectivity index (χ0v) is 24.0. The number of aliphatic hydroxyl groups is 1. The number of aliphatic hydroxyl groups excluding tert-OH is 1. The molecule has 1 aliphatic carbocycles. The normalized spacial score (nSPS) is 13.9. The van der Waals surface area contributed by atoms with Crippen LogP contribution in [0.25, 0.3) is 17.3 Å². The number of nitrogens with two attached hydrogens (primary N) is 3. The third-order valence-corrected chi connectivity index (χ3v) is 6.33. The SMILES string of the molecule is NC1CCCCC1.NCC(c1ccccc1)c1ccc(Cl)c(-c2[c-]ccc(OCCO)c2F)c1.[NH2-].[W+2]. The van der Waals surface area contributed by atoms with Gasteiger partial charge < -0.3 is 27.5 Å². The summed E-state index contributed by atoms with van der Waals surface area (Å²) in [6.07, 6.45) is 6.66. The van der Waals surface area contributed by atoms with Crippen molar-refractivity contribution in [1.29, 1.82) is 0 Å². The van der Waals surface area contributed by atoms with Crippen LogP contribution in [-0.4, -0.2) is 30.9 Å². The van der Waals surface area contributed by atoms with Crippen LogP contribution < -0.4 is 16.2 Å². The molecular formula is C28H35ClFN3O2W. The molecule has 0 aromatic heterocycles. The predicted octanol–water partition coefficient (Wildman–Crippen LogP) is 6.40. The van der Waals surface area contributed by atoms with Crippen molar-refractivity contribution in [3.05, 3.63) is 94.8 Å². The summed E-state index contributed by atoms with van der Waals surface area (Å²) in [7, 11) is 0. The average molecular weight is 684 g/mol. The molecule has 1 atom stereocenters. The van der Waals surface area contributed by atoms with Crippen molar-refractivity contribution in [1.82, 2.24) is 0 Å². The second-order valence-electron chi connectivity index (χ2n) is 8.44. The summed E-state index contributed by atoms with van der Waals surface area (Å²) in [4.78, 5) is 0. The molecule has 0 heterocycles. The number of ether oxygens (including phenoxy) is 1. The van der Waals surface area contributed by atoms with Crippen LogP contribution in [0.2, 0.25) is 5.02 Å². The summed E-state index contributed by atoms with van der Waals surface area (Å²) in [5, 5.41) is 9.31. The minimum absolute atomic E-state index is 0. The summed E-state index contributed by atoms with van der Waals surface area (Å²) in [5.74, 6) is -0.536. The molecule has 3 aromatic carbocycles. The van der Waals surface area contributed by atoms with Crippen LogP contribution in [0.4, 0.5) is 4.39 Å². The van der Waals surface area contributed by atoms with Crippen molar-refractivity contribution in [3.8, 4) is 16.9 Å². The molecule has 36 heavy (non-hydrogen) atoms. The van der Waals surface area contributed by atoms with Crippen LogP contribution in [0, 0.1) is 11.9 Å². The van der Waals surface area contributed by atoms with E-state index in [4.69, 9.17) is 32.9 Å². The van der Waals surface area contributed by atoms with Crippen LogP contribution in [0.3, 0.4) is 0 Å². The van der Waals surface area contributed by atoms with Crippen molar-refractivity contribution < 1.29 is 35.3 Å². The largest absolute Gasteiger partial charge is 2.00 e. The minimum atomic E-state index is -0.561. The Morgan fingerprint density at radius 2 is 1.75 bits per heavy atom. The summed E-state index contributed by atoms with van der Waals surface area (Å²) >= 11 is 6.35. The molecule has 0 aliphatic heterocycles. The maximum atomic E-state index is 14.9. The van der Waals surface area contributed by atoms with E-state index in [-0.39, 0.29) is 57.7 Å². The maximum Gasteiger partial charge on any atom is 2.00 e. The Hall–Kier alpha value is -1.79. The standard InChI is InChI=1S/C22H20ClFNO2.C6H13N.H2N.W/c23-20-10-9-16(19(14-25)15-5-2-1-3-6-15)13-18(20)17-7-4-8-21(22(17)24)27-12-11-26;7-6-4-2-1-3-5-6;;/h1-6,8-10,13,19,26H,11-12,14,25H2;6H,1-5,7H2;1H2;/q-1;;-1;+2. The van der Waals surface area contributed by atoms with Crippen molar-refractivity contribution in [3.63, 3.8) is 0 Å². The molecule has 1 saturated carbocycles. The van der Waals surface area contributed by atoms with Gasteiger partial charge >= 0.3 is 21.1 Å². The van der Waals surface area contributed by atoms with Gasteiger partial charge in [-0.25, -0.2) is 0 Å². The fourth-order valence-corrected chi connectivity index (χ4v) is 4.37. The van der Waals surface area contributed by atoms with Crippen molar-refractivity contribution in [2.75, 3.05) is 19.8 Å². The minimum Gasteiger partial charge on any atom is -0.693 e. The average Bonchev–Trinajstić information content (AvgIpc) is 2.86. The van der Waals surface area contributed by atoms with E-state index < -0.39 is 5.82 Å². The summed E-state index contributed by atoms with van der Waals surface area (Å²) < 4.78 is 20.1. The van der Waals surface area contributed by atoms with Gasteiger partial charge in [0.05, 0.1) is 18.2 Å². The molecule has 1 aliphatic rings. The van der Waals surface area contributed by atoms with E-state index in [0.717, 1.165) is 11.1 Å². The van der Waals surface area contributed by atoms with Crippen molar-refractivity contribution in [2.24, 2.45) is 11.5 Å². The number of hydrogen-bond acceptors (Lipinski definition) is 4. The third kappa shape index (κ3) is 8.95. The van der Waals surface area contributed by atoms with Gasteiger partial charge in [0.15, 0.2) is 0 Å². The molecule has 1 fully saturated rings. The topological polar surface area (TPSA) is 115 Å². The molecule has 8 heteroatoms. The van der Waals surface area contributed by atoms with Crippen LogP contribution in [0.5, 0.6) is 5.75 Å². The van der Waals surface area contributed by atoms with Gasteiger partial charge in [-0.05, 0) is 24.0 Å². The van der Waals surface area contributed by atoms with Gasteiger partial charge in [-0.1, -0.05) is 91.0 Å². The van der Waals surface area contributed by atoms with Gasteiger partial charge in [-0.3, -0.25) is 4.39 Å². The molecular weight excluding hydrogens is 649 g/mol. The third-order valence-electron chi connectivity index (χ3n) is 6.00. The first-order valence-corrected chi connectivity index (χ1v) is 12.2. The first kappa shape index (κ1) is 32.2. The van der Waals surface area contributed by atoms with E-state index in [1.54, 1.807) is 12.1 Å². The zero-order chi connectivity index (χ0) is 24.3. The smallest absolute Gasteiger partial charge is 0.693 e. The maximum absolute atomic E-state index is 14.9. The molecule has 194 valence electrons. The molecule has 7 N–H and O–H groups in total. The monoisotopic (exact) mass is 683 g/mol. The van der Waals surface area contributed by atoms with Crippen LogP contribution >= 0.6 is 11.6 Å². The quantitative estimate of drug-likeness (QED) is 0.250. The Morgan fingerprint density at radius 3 is 2.33 bits per heavy atom. The molecule has 0 amide bonds. The van der Waals surface area contributed by atoms with E-state index in [0.29, 0.717) is 23.2 Å². The van der Waals surface area contributed by atoms with Gasteiger partial charge in [-0.2, -0.15) is 0 Å². The van der Waals surface area contributed by atoms with E-state index in [2.05, 4.69) is 6.07 Å². The fourth-order valence-electron chi connectivity index (χ4n) is 4.16. The number of benzene rings is 3. The van der Waals surface area contributed by atoms with Crippen molar-refractivity contribution >= 4 is 11.6 Å². The Labute approximate surface area is 233 Å². The second-order valence-corrected chi connectivity index (χ2v) is 8.85. The predicted molar refractivity (Wildman–Crippen MR) is 142 cm³/mol. The van der Waals surface area contributed by atoms with E-state index in [9.17, 15) is 4.39 Å². The molecule has 0 radical (unpaired) electrons. The Morgan fingerprint density at radius 1 is 1.06 bits per heavy atom. The van der Waals surface area contributed by atoms with Gasteiger partial charge in [-0.15, -0.1) is 17.7 Å².